The topological polar surface area (TPSA) is 204 Å². The first kappa shape index (κ1) is 39.8. The summed E-state index contributed by atoms with van der Waals surface area (Å²) < 4.78 is 46.5. The highest BCUT2D eigenvalue weighted by molar-refractivity contribution is 7.90. The summed E-state index contributed by atoms with van der Waals surface area (Å²) in [6.45, 7) is 4.57. The van der Waals surface area contributed by atoms with E-state index in [1.807, 2.05) is 26.0 Å². The van der Waals surface area contributed by atoms with E-state index in [0.29, 0.717) is 17.2 Å². The molecule has 3 aromatic carbocycles. The molecule has 0 saturated carbocycles. The Morgan fingerprint density at radius 1 is 0.893 bits per heavy atom. The number of piperidine rings is 1. The van der Waals surface area contributed by atoms with Gasteiger partial charge in [-0.25, -0.2) is 18.4 Å². The number of hydrogen-bond donors (Lipinski definition) is 1. The predicted molar refractivity (Wildman–Crippen MR) is 199 cm³/mol. The van der Waals surface area contributed by atoms with E-state index in [4.69, 9.17) is 30.5 Å². The van der Waals surface area contributed by atoms with E-state index in [0.717, 1.165) is 22.3 Å². The lowest BCUT2D eigenvalue weighted by molar-refractivity contribution is -0.136. The zero-order valence-corrected chi connectivity index (χ0v) is 32.1. The van der Waals surface area contributed by atoms with Gasteiger partial charge in [-0.05, 0) is 66.1 Å². The largest absolute Gasteiger partial charge is 0.491 e. The van der Waals surface area contributed by atoms with Crippen LogP contribution >= 0.6 is 11.6 Å². The highest BCUT2D eigenvalue weighted by Gasteiger charge is 2.44. The Bertz CT molecular complexity index is 2360. The number of nitrogens with one attached hydrogen (secondary N) is 1. The number of nitrogens with zero attached hydrogens (tertiary/aromatic N) is 4. The molecule has 0 spiro atoms. The fourth-order valence-electron chi connectivity index (χ4n) is 6.17. The van der Waals surface area contributed by atoms with Gasteiger partial charge in [-0.1, -0.05) is 37.6 Å². The number of amides is 4. The van der Waals surface area contributed by atoms with E-state index >= 15 is 0 Å². The lowest BCUT2D eigenvalue weighted by atomic mass is 9.77. The molecule has 3 heterocycles. The molecule has 1 N–H and O–H groups in total. The highest BCUT2D eigenvalue weighted by atomic mass is 35.5. The summed E-state index contributed by atoms with van der Waals surface area (Å²) in [5.41, 5.74) is 2.07. The first-order chi connectivity index (χ1) is 26.7. The van der Waals surface area contributed by atoms with E-state index in [1.54, 1.807) is 36.4 Å². The van der Waals surface area contributed by atoms with Crippen LogP contribution in [0.15, 0.2) is 72.0 Å². The van der Waals surface area contributed by atoms with Crippen molar-refractivity contribution in [2.45, 2.75) is 49.9 Å². The van der Waals surface area contributed by atoms with Gasteiger partial charge in [0.15, 0.2) is 5.75 Å². The number of hydrogen-bond acceptors (Lipinski definition) is 13. The number of nitriles is 1. The van der Waals surface area contributed by atoms with Crippen molar-refractivity contribution in [3.63, 3.8) is 0 Å². The molecule has 15 nitrogen and oxygen atoms in total. The number of imide groups is 2. The van der Waals surface area contributed by atoms with E-state index < -0.39 is 44.9 Å². The van der Waals surface area contributed by atoms with Crippen LogP contribution in [0.25, 0.3) is 0 Å². The van der Waals surface area contributed by atoms with Gasteiger partial charge in [-0.2, -0.15) is 5.26 Å². The molecule has 1 aromatic heterocycles. The highest BCUT2D eigenvalue weighted by Crippen LogP contribution is 2.39. The molecule has 4 amide bonds. The molecule has 0 aliphatic carbocycles. The first-order valence-electron chi connectivity index (χ1n) is 17.4. The van der Waals surface area contributed by atoms with Crippen LogP contribution in [0, 0.1) is 11.3 Å². The van der Waals surface area contributed by atoms with Gasteiger partial charge in [0.1, 0.15) is 43.4 Å². The third-order valence-corrected chi connectivity index (χ3v) is 10.4. The molecule has 0 bridgehead atoms. The second-order valence-corrected chi connectivity index (χ2v) is 15.8. The Morgan fingerprint density at radius 2 is 1.59 bits per heavy atom. The molecule has 56 heavy (non-hydrogen) atoms. The molecule has 1 unspecified atom stereocenters. The van der Waals surface area contributed by atoms with Crippen LogP contribution in [0.4, 0.5) is 0 Å². The maximum atomic E-state index is 13.0. The normalized spacial score (nSPS) is 15.6. The Hall–Kier alpha value is -5.89. The molecule has 4 aromatic rings. The maximum Gasteiger partial charge on any atom is 0.262 e. The monoisotopic (exact) mass is 801 g/mol. The Morgan fingerprint density at radius 3 is 2.29 bits per heavy atom. The molecular weight excluding hydrogens is 766 g/mol. The number of aromatic nitrogens is 2. The molecule has 17 heteroatoms. The van der Waals surface area contributed by atoms with E-state index in [9.17, 15) is 32.9 Å². The van der Waals surface area contributed by atoms with Crippen LogP contribution in [-0.4, -0.2) is 85.6 Å². The Kier molecular flexibility index (Phi) is 11.7. The van der Waals surface area contributed by atoms with E-state index in [-0.39, 0.29) is 78.5 Å². The summed E-state index contributed by atoms with van der Waals surface area (Å²) >= 11 is 6.64. The van der Waals surface area contributed by atoms with Gasteiger partial charge < -0.3 is 18.9 Å². The summed E-state index contributed by atoms with van der Waals surface area (Å²) in [7, 11) is -3.55. The van der Waals surface area contributed by atoms with Crippen molar-refractivity contribution < 1.29 is 46.5 Å². The SMILES string of the molecule is CC(C)(c1ccc(OCc2ccnc(S(C)(=O)=O)n2)cc1)c1cc(Cl)c(OCCOCCOc2ccc3c(c2)C(=O)N(C2CCC(=O)NC2=O)C3=O)c(C#N)c1. The fraction of sp³-hybridized carbons (Fsp3) is 0.308. The molecule has 290 valence electrons. The number of carbonyl (C=O) groups excluding carboxylic acids is 4. The molecular formula is C39H36ClN5O10S. The van der Waals surface area contributed by atoms with Crippen molar-refractivity contribution in [3.8, 4) is 23.3 Å². The van der Waals surface area contributed by atoms with Crippen molar-refractivity contribution >= 4 is 45.1 Å². The van der Waals surface area contributed by atoms with E-state index in [1.165, 1.54) is 18.3 Å². The summed E-state index contributed by atoms with van der Waals surface area (Å²) in [4.78, 5) is 58.5. The number of halogens is 1. The van der Waals surface area contributed by atoms with Crippen LogP contribution in [0.2, 0.25) is 5.02 Å². The molecule has 1 saturated heterocycles. The number of carbonyl (C=O) groups is 4. The van der Waals surface area contributed by atoms with Crippen LogP contribution in [0.5, 0.6) is 17.2 Å². The fourth-order valence-corrected chi connectivity index (χ4v) is 6.98. The standard InChI is InChI=1S/C39H36ClN5O10S/c1-39(2,24-4-6-27(7-5-24)55-22-26-12-13-42-38(43-26)56(3,50)51)25-18-23(21-41)34(31(40)19-25)54-17-15-52-14-16-53-28-8-9-29-30(20-28)37(49)45(36(29)48)32-10-11-33(46)44-35(32)47/h4-9,12-13,18-20,32H,10-11,14-17,22H2,1-3H3,(H,44,46,47). The molecule has 1 atom stereocenters. The quantitative estimate of drug-likeness (QED) is 0.102. The van der Waals surface area contributed by atoms with Gasteiger partial charge in [0.25, 0.3) is 11.8 Å². The first-order valence-corrected chi connectivity index (χ1v) is 19.6. The number of rotatable bonds is 15. The number of benzene rings is 3. The summed E-state index contributed by atoms with van der Waals surface area (Å²) in [6, 6.07) is 18.0. The minimum atomic E-state index is -3.55. The Balaban J connectivity index is 0.978. The second kappa shape index (κ2) is 16.5. The predicted octanol–water partition coefficient (Wildman–Crippen LogP) is 4.19. The molecule has 2 aliphatic rings. The van der Waals surface area contributed by atoms with Crippen LogP contribution < -0.4 is 19.5 Å². The number of ether oxygens (including phenoxy) is 4. The van der Waals surface area contributed by atoms with Crippen molar-refractivity contribution in [3.05, 3.63) is 105 Å². The molecule has 1 fully saturated rings. The minimum Gasteiger partial charge on any atom is -0.491 e. The van der Waals surface area contributed by atoms with Crippen molar-refractivity contribution in [1.29, 1.82) is 5.26 Å². The molecule has 0 radical (unpaired) electrons. The van der Waals surface area contributed by atoms with Gasteiger partial charge >= 0.3 is 0 Å². The van der Waals surface area contributed by atoms with Crippen LogP contribution in [0.1, 0.15) is 69.8 Å². The third kappa shape index (κ3) is 8.65. The Labute approximate surface area is 327 Å². The average Bonchev–Trinajstić information content (AvgIpc) is 3.41. The van der Waals surface area contributed by atoms with Crippen molar-refractivity contribution in [2.75, 3.05) is 32.7 Å². The smallest absolute Gasteiger partial charge is 0.262 e. The average molecular weight is 802 g/mol. The lowest BCUT2D eigenvalue weighted by Crippen LogP contribution is -2.54. The van der Waals surface area contributed by atoms with Gasteiger partial charge in [-0.15, -0.1) is 0 Å². The van der Waals surface area contributed by atoms with Crippen LogP contribution in [-0.2, 0) is 36.2 Å². The number of fused-ring (bicyclic) bond motifs is 1. The van der Waals surface area contributed by atoms with Gasteiger partial charge in [0, 0.05) is 24.3 Å². The summed E-state index contributed by atoms with van der Waals surface area (Å²) in [6.07, 6.45) is 2.51. The lowest BCUT2D eigenvalue weighted by Gasteiger charge is -2.27. The van der Waals surface area contributed by atoms with Crippen molar-refractivity contribution in [1.82, 2.24) is 20.2 Å². The zero-order chi connectivity index (χ0) is 40.2. The van der Waals surface area contributed by atoms with Gasteiger partial charge in [0.2, 0.25) is 26.8 Å². The maximum absolute atomic E-state index is 13.0. The molecule has 2 aliphatic heterocycles. The minimum absolute atomic E-state index is 0.0315. The van der Waals surface area contributed by atoms with Crippen LogP contribution in [0.3, 0.4) is 0 Å². The van der Waals surface area contributed by atoms with E-state index in [2.05, 4.69) is 21.4 Å². The summed E-state index contributed by atoms with van der Waals surface area (Å²) in [5.74, 6) is -1.25. The third-order valence-electron chi connectivity index (χ3n) is 9.25. The second-order valence-electron chi connectivity index (χ2n) is 13.5. The zero-order valence-electron chi connectivity index (χ0n) is 30.5. The summed E-state index contributed by atoms with van der Waals surface area (Å²) in [5, 5.41) is 12.1. The van der Waals surface area contributed by atoms with Gasteiger partial charge in [0.05, 0.1) is 40.6 Å². The van der Waals surface area contributed by atoms with Crippen molar-refractivity contribution in [2.24, 2.45) is 0 Å². The number of sulfone groups is 1. The molecule has 6 rings (SSSR count). The van der Waals surface area contributed by atoms with Gasteiger partial charge in [-0.3, -0.25) is 29.4 Å².